The summed E-state index contributed by atoms with van der Waals surface area (Å²) in [6.07, 6.45) is 3.22. The van der Waals surface area contributed by atoms with Gasteiger partial charge in [0.2, 0.25) is 0 Å². The number of aryl methyl sites for hydroxylation is 1. The maximum atomic E-state index is 11.9. The fourth-order valence-electron chi connectivity index (χ4n) is 1.77. The third-order valence-electron chi connectivity index (χ3n) is 2.61. The lowest BCUT2D eigenvalue weighted by molar-refractivity contribution is 0.0544. The van der Waals surface area contributed by atoms with Crippen molar-refractivity contribution in [1.82, 2.24) is 0 Å². The molecule has 1 fully saturated rings. The molecule has 0 aromatic carbocycles. The molecule has 1 saturated heterocycles. The van der Waals surface area contributed by atoms with E-state index >= 15 is 0 Å². The van der Waals surface area contributed by atoms with Crippen LogP contribution < -0.4 is 0 Å². The number of hydrogen-bond acceptors (Lipinski definition) is 3. The van der Waals surface area contributed by atoms with Crippen LogP contribution in [0.5, 0.6) is 0 Å². The van der Waals surface area contributed by atoms with Crippen LogP contribution in [0.25, 0.3) is 0 Å². The molecule has 0 bridgehead atoms. The average Bonchev–Trinajstić information content (AvgIpc) is 2.65. The summed E-state index contributed by atoms with van der Waals surface area (Å²) in [6.45, 7) is 3.25. The van der Waals surface area contributed by atoms with E-state index in [9.17, 15) is 4.79 Å². The van der Waals surface area contributed by atoms with E-state index in [0.29, 0.717) is 18.8 Å². The molecule has 0 unspecified atom stereocenters. The number of rotatable bonds is 2. The second-order valence-electron chi connectivity index (χ2n) is 3.70. The molecule has 0 radical (unpaired) electrons. The van der Waals surface area contributed by atoms with Crippen LogP contribution in [0.4, 0.5) is 0 Å². The van der Waals surface area contributed by atoms with E-state index in [0.717, 1.165) is 18.6 Å². The van der Waals surface area contributed by atoms with Crippen LogP contribution in [-0.4, -0.2) is 19.0 Å². The monoisotopic (exact) mass is 194 g/mol. The van der Waals surface area contributed by atoms with Crippen LogP contribution in [0.1, 0.15) is 29.0 Å². The van der Waals surface area contributed by atoms with Gasteiger partial charge in [0, 0.05) is 19.1 Å². The summed E-state index contributed by atoms with van der Waals surface area (Å²) in [5, 5.41) is 0. The SMILES string of the molecule is Cc1cc(C(=O)C2CCOCC2)co1. The van der Waals surface area contributed by atoms with Gasteiger partial charge in [-0.1, -0.05) is 0 Å². The highest BCUT2D eigenvalue weighted by Crippen LogP contribution is 2.21. The minimum Gasteiger partial charge on any atom is -0.469 e. The number of carbonyl (C=O) groups is 1. The Morgan fingerprint density at radius 3 is 2.71 bits per heavy atom. The molecule has 2 rings (SSSR count). The average molecular weight is 194 g/mol. The van der Waals surface area contributed by atoms with E-state index in [1.54, 1.807) is 12.3 Å². The van der Waals surface area contributed by atoms with Crippen molar-refractivity contribution in [3.05, 3.63) is 23.7 Å². The first-order valence-electron chi connectivity index (χ1n) is 4.94. The molecule has 1 aromatic rings. The van der Waals surface area contributed by atoms with Crippen molar-refractivity contribution < 1.29 is 13.9 Å². The van der Waals surface area contributed by atoms with Gasteiger partial charge in [-0.2, -0.15) is 0 Å². The minimum absolute atomic E-state index is 0.126. The highest BCUT2D eigenvalue weighted by atomic mass is 16.5. The molecule has 2 heterocycles. The number of hydrogen-bond donors (Lipinski definition) is 0. The Hall–Kier alpha value is -1.09. The van der Waals surface area contributed by atoms with Gasteiger partial charge in [-0.25, -0.2) is 0 Å². The van der Waals surface area contributed by atoms with Gasteiger partial charge in [0.15, 0.2) is 5.78 Å². The molecule has 0 spiro atoms. The predicted molar refractivity (Wildman–Crippen MR) is 51.3 cm³/mol. The lowest BCUT2D eigenvalue weighted by atomic mass is 9.92. The number of carbonyl (C=O) groups excluding carboxylic acids is 1. The summed E-state index contributed by atoms with van der Waals surface area (Å²) >= 11 is 0. The van der Waals surface area contributed by atoms with Gasteiger partial charge in [0.25, 0.3) is 0 Å². The lowest BCUT2D eigenvalue weighted by Gasteiger charge is -2.19. The molecule has 0 atom stereocenters. The van der Waals surface area contributed by atoms with Crippen molar-refractivity contribution in [3.8, 4) is 0 Å². The molecule has 3 nitrogen and oxygen atoms in total. The van der Waals surface area contributed by atoms with E-state index in [1.807, 2.05) is 6.92 Å². The number of ether oxygens (including phenoxy) is 1. The van der Waals surface area contributed by atoms with Crippen molar-refractivity contribution in [2.75, 3.05) is 13.2 Å². The van der Waals surface area contributed by atoms with Crippen LogP contribution in [0, 0.1) is 12.8 Å². The third-order valence-corrected chi connectivity index (χ3v) is 2.61. The van der Waals surface area contributed by atoms with Crippen molar-refractivity contribution in [1.29, 1.82) is 0 Å². The summed E-state index contributed by atoms with van der Waals surface area (Å²) in [5.74, 6) is 1.12. The Morgan fingerprint density at radius 2 is 2.14 bits per heavy atom. The maximum Gasteiger partial charge on any atom is 0.169 e. The number of furan rings is 1. The Morgan fingerprint density at radius 1 is 1.43 bits per heavy atom. The zero-order valence-electron chi connectivity index (χ0n) is 8.29. The first-order chi connectivity index (χ1) is 6.77. The van der Waals surface area contributed by atoms with E-state index in [-0.39, 0.29) is 11.7 Å². The largest absolute Gasteiger partial charge is 0.469 e. The smallest absolute Gasteiger partial charge is 0.169 e. The lowest BCUT2D eigenvalue weighted by Crippen LogP contribution is -2.23. The number of Topliss-reactive ketones (excluding diaryl/α,β-unsaturated/α-hetero) is 1. The Balaban J connectivity index is 2.07. The molecule has 1 aromatic heterocycles. The zero-order valence-corrected chi connectivity index (χ0v) is 8.29. The molecule has 0 amide bonds. The van der Waals surface area contributed by atoms with E-state index < -0.39 is 0 Å². The maximum absolute atomic E-state index is 11.9. The molecule has 1 aliphatic rings. The van der Waals surface area contributed by atoms with Gasteiger partial charge < -0.3 is 9.15 Å². The second-order valence-corrected chi connectivity index (χ2v) is 3.70. The van der Waals surface area contributed by atoms with Crippen LogP contribution in [0.3, 0.4) is 0 Å². The van der Waals surface area contributed by atoms with Crippen LogP contribution >= 0.6 is 0 Å². The summed E-state index contributed by atoms with van der Waals surface area (Å²) in [4.78, 5) is 11.9. The van der Waals surface area contributed by atoms with E-state index in [4.69, 9.17) is 9.15 Å². The molecule has 0 saturated carbocycles. The predicted octanol–water partition coefficient (Wildman–Crippen LogP) is 2.20. The Bertz CT molecular complexity index is 321. The van der Waals surface area contributed by atoms with Crippen LogP contribution in [0.15, 0.2) is 16.7 Å². The van der Waals surface area contributed by atoms with Crippen molar-refractivity contribution >= 4 is 5.78 Å². The van der Waals surface area contributed by atoms with Gasteiger partial charge in [-0.15, -0.1) is 0 Å². The Kier molecular flexibility index (Phi) is 2.68. The van der Waals surface area contributed by atoms with Crippen molar-refractivity contribution in [2.24, 2.45) is 5.92 Å². The van der Waals surface area contributed by atoms with Gasteiger partial charge in [-0.3, -0.25) is 4.79 Å². The van der Waals surface area contributed by atoms with Gasteiger partial charge in [-0.05, 0) is 25.8 Å². The minimum atomic E-state index is 0.126. The fraction of sp³-hybridized carbons (Fsp3) is 0.545. The molecular formula is C11H14O3. The molecule has 0 N–H and O–H groups in total. The quantitative estimate of drug-likeness (QED) is 0.677. The standard InChI is InChI=1S/C11H14O3/c1-8-6-10(7-14-8)11(12)9-2-4-13-5-3-9/h6-7,9H,2-5H2,1H3. The molecule has 0 aliphatic carbocycles. The topological polar surface area (TPSA) is 39.4 Å². The van der Waals surface area contributed by atoms with E-state index in [2.05, 4.69) is 0 Å². The first-order valence-corrected chi connectivity index (χ1v) is 4.94. The summed E-state index contributed by atoms with van der Waals surface area (Å²) in [7, 11) is 0. The van der Waals surface area contributed by atoms with Crippen LogP contribution in [-0.2, 0) is 4.74 Å². The zero-order chi connectivity index (χ0) is 9.97. The van der Waals surface area contributed by atoms with Crippen molar-refractivity contribution in [2.45, 2.75) is 19.8 Å². The van der Waals surface area contributed by atoms with Gasteiger partial charge in [0.1, 0.15) is 12.0 Å². The van der Waals surface area contributed by atoms with Gasteiger partial charge >= 0.3 is 0 Å². The van der Waals surface area contributed by atoms with Crippen molar-refractivity contribution in [3.63, 3.8) is 0 Å². The summed E-state index contributed by atoms with van der Waals surface area (Å²) in [5.41, 5.74) is 0.703. The first kappa shape index (κ1) is 9.46. The van der Waals surface area contributed by atoms with Gasteiger partial charge in [0.05, 0.1) is 5.56 Å². The highest BCUT2D eigenvalue weighted by molar-refractivity contribution is 5.97. The molecule has 1 aliphatic heterocycles. The normalized spacial score (nSPS) is 18.4. The second kappa shape index (κ2) is 3.96. The summed E-state index contributed by atoms with van der Waals surface area (Å²) in [6, 6.07) is 1.80. The molecule has 3 heteroatoms. The third kappa shape index (κ3) is 1.87. The molecule has 76 valence electrons. The highest BCUT2D eigenvalue weighted by Gasteiger charge is 2.23. The number of ketones is 1. The van der Waals surface area contributed by atoms with E-state index in [1.165, 1.54) is 0 Å². The fourth-order valence-corrected chi connectivity index (χ4v) is 1.77. The Labute approximate surface area is 83.0 Å². The molecular weight excluding hydrogens is 180 g/mol. The summed E-state index contributed by atoms with van der Waals surface area (Å²) < 4.78 is 10.3. The molecule has 14 heavy (non-hydrogen) atoms. The van der Waals surface area contributed by atoms with Crippen LogP contribution in [0.2, 0.25) is 0 Å².